The molecule has 0 saturated heterocycles. The van der Waals surface area contributed by atoms with E-state index in [0.717, 1.165) is 0 Å². The molecule has 0 spiro atoms. The molecule has 0 unspecified atom stereocenters. The lowest BCUT2D eigenvalue weighted by Gasteiger charge is -2.20. The van der Waals surface area contributed by atoms with E-state index in [0.29, 0.717) is 11.3 Å². The van der Waals surface area contributed by atoms with Crippen molar-refractivity contribution < 1.29 is 22.3 Å². The van der Waals surface area contributed by atoms with E-state index in [1.165, 1.54) is 61.8 Å². The number of carbonyl (C=O) groups excluding carboxylic acids is 1. The highest BCUT2D eigenvalue weighted by atomic mass is 32.2. The summed E-state index contributed by atoms with van der Waals surface area (Å²) in [7, 11) is -1.17. The molecule has 2 aromatic carbocycles. The number of hydrogen-bond acceptors (Lipinski definition) is 5. The van der Waals surface area contributed by atoms with Crippen LogP contribution >= 0.6 is 0 Å². The molecule has 30 heavy (non-hydrogen) atoms. The third-order valence-electron chi connectivity index (χ3n) is 4.32. The van der Waals surface area contributed by atoms with E-state index in [2.05, 4.69) is 9.71 Å². The predicted octanol–water partition coefficient (Wildman–Crippen LogP) is 3.30. The van der Waals surface area contributed by atoms with Crippen molar-refractivity contribution in [2.24, 2.45) is 0 Å². The maximum atomic E-state index is 13.9. The molecule has 1 heterocycles. The van der Waals surface area contributed by atoms with Crippen LogP contribution in [0.25, 0.3) is 0 Å². The third-order valence-corrected chi connectivity index (χ3v) is 5.76. The second-order valence-corrected chi connectivity index (χ2v) is 8.12. The molecule has 0 radical (unpaired) electrons. The molecule has 1 amide bonds. The average Bonchev–Trinajstić information content (AvgIpc) is 2.74. The van der Waals surface area contributed by atoms with Crippen molar-refractivity contribution in [2.45, 2.75) is 11.4 Å². The summed E-state index contributed by atoms with van der Waals surface area (Å²) in [4.78, 5) is 17.9. The van der Waals surface area contributed by atoms with Gasteiger partial charge in [0.05, 0.1) is 30.8 Å². The van der Waals surface area contributed by atoms with Gasteiger partial charge in [0.15, 0.2) is 0 Å². The summed E-state index contributed by atoms with van der Waals surface area (Å²) in [5, 5.41) is 0. The van der Waals surface area contributed by atoms with Gasteiger partial charge in [-0.2, -0.15) is 0 Å². The van der Waals surface area contributed by atoms with Crippen molar-refractivity contribution >= 4 is 21.6 Å². The Morgan fingerprint density at radius 1 is 1.13 bits per heavy atom. The number of nitrogens with zero attached hydrogens (tertiary/aromatic N) is 2. The molecular formula is C21H20FN3O4S. The van der Waals surface area contributed by atoms with E-state index in [4.69, 9.17) is 4.74 Å². The minimum Gasteiger partial charge on any atom is -0.495 e. The van der Waals surface area contributed by atoms with Crippen LogP contribution in [0.5, 0.6) is 5.75 Å². The summed E-state index contributed by atoms with van der Waals surface area (Å²) in [6, 6.07) is 13.4. The van der Waals surface area contributed by atoms with Crippen molar-refractivity contribution in [3.8, 4) is 5.75 Å². The number of sulfonamides is 1. The van der Waals surface area contributed by atoms with Crippen LogP contribution in [0, 0.1) is 5.82 Å². The third kappa shape index (κ3) is 4.74. The van der Waals surface area contributed by atoms with Crippen molar-refractivity contribution in [2.75, 3.05) is 18.9 Å². The Morgan fingerprint density at radius 2 is 1.83 bits per heavy atom. The van der Waals surface area contributed by atoms with Gasteiger partial charge in [0, 0.05) is 25.2 Å². The second-order valence-electron chi connectivity index (χ2n) is 6.47. The van der Waals surface area contributed by atoms with E-state index < -0.39 is 21.7 Å². The maximum Gasteiger partial charge on any atom is 0.262 e. The fourth-order valence-corrected chi connectivity index (χ4v) is 4.07. The summed E-state index contributed by atoms with van der Waals surface area (Å²) in [6.45, 7) is -0.00682. The normalized spacial score (nSPS) is 11.0. The first-order valence-electron chi connectivity index (χ1n) is 8.91. The zero-order valence-electron chi connectivity index (χ0n) is 16.4. The van der Waals surface area contributed by atoms with Crippen LogP contribution in [0.4, 0.5) is 10.1 Å². The molecule has 0 atom stereocenters. The highest BCUT2D eigenvalue weighted by molar-refractivity contribution is 7.92. The summed E-state index contributed by atoms with van der Waals surface area (Å²) in [5.41, 5.74) is 0.491. The van der Waals surface area contributed by atoms with Crippen molar-refractivity contribution in [1.82, 2.24) is 9.88 Å². The lowest BCUT2D eigenvalue weighted by molar-refractivity contribution is 0.0780. The number of anilines is 1. The van der Waals surface area contributed by atoms with Gasteiger partial charge in [0.1, 0.15) is 16.5 Å². The number of halogens is 1. The van der Waals surface area contributed by atoms with Crippen LogP contribution in [0.3, 0.4) is 0 Å². The first-order chi connectivity index (χ1) is 14.3. The Morgan fingerprint density at radius 3 is 2.57 bits per heavy atom. The number of hydrogen-bond donors (Lipinski definition) is 1. The number of benzene rings is 2. The number of nitrogens with one attached hydrogen (secondary N) is 1. The SMILES string of the molecule is COc1cncc(NS(=O)(=O)c2ccccc2C(=O)N(C)Cc2ccccc2F)c1. The molecule has 0 aliphatic rings. The van der Waals surface area contributed by atoms with Crippen LogP contribution in [0.15, 0.2) is 71.9 Å². The number of amides is 1. The minimum absolute atomic E-state index is 0.00682. The van der Waals surface area contributed by atoms with Gasteiger partial charge in [-0.15, -0.1) is 0 Å². The Kier molecular flexibility index (Phi) is 6.31. The molecule has 0 fully saturated rings. The van der Waals surface area contributed by atoms with Gasteiger partial charge in [-0.1, -0.05) is 30.3 Å². The quantitative estimate of drug-likeness (QED) is 0.623. The highest BCUT2D eigenvalue weighted by Crippen LogP contribution is 2.23. The van der Waals surface area contributed by atoms with Crippen molar-refractivity contribution in [1.29, 1.82) is 0 Å². The van der Waals surface area contributed by atoms with E-state index in [9.17, 15) is 17.6 Å². The van der Waals surface area contributed by atoms with Gasteiger partial charge in [-0.05, 0) is 18.2 Å². The van der Waals surface area contributed by atoms with Gasteiger partial charge in [0.2, 0.25) is 0 Å². The molecule has 156 valence electrons. The summed E-state index contributed by atoms with van der Waals surface area (Å²) >= 11 is 0. The molecule has 0 saturated carbocycles. The number of methoxy groups -OCH3 is 1. The zero-order valence-corrected chi connectivity index (χ0v) is 17.2. The Labute approximate surface area is 174 Å². The first kappa shape index (κ1) is 21.3. The van der Waals surface area contributed by atoms with Gasteiger partial charge >= 0.3 is 0 Å². The number of rotatable bonds is 7. The fourth-order valence-electron chi connectivity index (χ4n) is 2.83. The largest absolute Gasteiger partial charge is 0.495 e. The number of aromatic nitrogens is 1. The number of carbonyl (C=O) groups is 1. The topological polar surface area (TPSA) is 88.6 Å². The van der Waals surface area contributed by atoms with Crippen molar-refractivity contribution in [3.05, 3.63) is 83.9 Å². The summed E-state index contributed by atoms with van der Waals surface area (Å²) in [6.07, 6.45) is 2.77. The van der Waals surface area contributed by atoms with Crippen LogP contribution in [-0.2, 0) is 16.6 Å². The lowest BCUT2D eigenvalue weighted by Crippen LogP contribution is -2.29. The maximum absolute atomic E-state index is 13.9. The highest BCUT2D eigenvalue weighted by Gasteiger charge is 2.25. The fraction of sp³-hybridized carbons (Fsp3) is 0.143. The van der Waals surface area contributed by atoms with E-state index in [1.54, 1.807) is 24.3 Å². The van der Waals surface area contributed by atoms with Crippen LogP contribution in [0.2, 0.25) is 0 Å². The zero-order chi connectivity index (χ0) is 21.7. The monoisotopic (exact) mass is 429 g/mol. The first-order valence-corrected chi connectivity index (χ1v) is 10.4. The number of ether oxygens (including phenoxy) is 1. The van der Waals surface area contributed by atoms with Gasteiger partial charge in [0.25, 0.3) is 15.9 Å². The van der Waals surface area contributed by atoms with E-state index in [1.807, 2.05) is 0 Å². The molecule has 7 nitrogen and oxygen atoms in total. The average molecular weight is 429 g/mol. The standard InChI is InChI=1S/C21H20FN3O4S/c1-25(14-15-7-3-5-9-19(15)22)21(26)18-8-4-6-10-20(18)30(27,28)24-16-11-17(29-2)13-23-12-16/h3-13,24H,14H2,1-2H3. The Balaban J connectivity index is 1.89. The van der Waals surface area contributed by atoms with Crippen LogP contribution in [-0.4, -0.2) is 38.4 Å². The molecule has 3 aromatic rings. The molecule has 1 aromatic heterocycles. The molecule has 1 N–H and O–H groups in total. The van der Waals surface area contributed by atoms with Crippen LogP contribution in [0.1, 0.15) is 15.9 Å². The number of pyridine rings is 1. The smallest absolute Gasteiger partial charge is 0.262 e. The summed E-state index contributed by atoms with van der Waals surface area (Å²) < 4.78 is 47.3. The van der Waals surface area contributed by atoms with Gasteiger partial charge in [-0.25, -0.2) is 12.8 Å². The van der Waals surface area contributed by atoms with E-state index in [-0.39, 0.29) is 22.7 Å². The molecular weight excluding hydrogens is 409 g/mol. The van der Waals surface area contributed by atoms with Gasteiger partial charge in [-0.3, -0.25) is 14.5 Å². The molecule has 3 rings (SSSR count). The molecule has 9 heteroatoms. The van der Waals surface area contributed by atoms with E-state index >= 15 is 0 Å². The lowest BCUT2D eigenvalue weighted by atomic mass is 10.1. The van der Waals surface area contributed by atoms with Gasteiger partial charge < -0.3 is 9.64 Å². The summed E-state index contributed by atoms with van der Waals surface area (Å²) in [5.74, 6) is -0.613. The second kappa shape index (κ2) is 8.91. The predicted molar refractivity (Wildman–Crippen MR) is 110 cm³/mol. The molecule has 0 aliphatic heterocycles. The molecule has 0 aliphatic carbocycles. The van der Waals surface area contributed by atoms with Crippen molar-refractivity contribution in [3.63, 3.8) is 0 Å². The van der Waals surface area contributed by atoms with Crippen LogP contribution < -0.4 is 9.46 Å². The Bertz CT molecular complexity index is 1170. The Hall–Kier alpha value is -3.46. The minimum atomic E-state index is -4.10. The molecule has 0 bridgehead atoms.